The predicted octanol–water partition coefficient (Wildman–Crippen LogP) is 1.90. The van der Waals surface area contributed by atoms with Crippen molar-refractivity contribution >= 4 is 11.6 Å². The van der Waals surface area contributed by atoms with Gasteiger partial charge in [-0.1, -0.05) is 11.6 Å². The fourth-order valence-corrected chi connectivity index (χ4v) is 2.11. The van der Waals surface area contributed by atoms with E-state index >= 15 is 0 Å². The van der Waals surface area contributed by atoms with Crippen molar-refractivity contribution < 1.29 is 9.90 Å². The van der Waals surface area contributed by atoms with E-state index in [0.717, 1.165) is 5.56 Å². The molecule has 1 aliphatic rings. The van der Waals surface area contributed by atoms with E-state index in [2.05, 4.69) is 5.32 Å². The van der Waals surface area contributed by atoms with Crippen LogP contribution in [0.2, 0.25) is 0 Å². The topological polar surface area (TPSA) is 54.3 Å². The van der Waals surface area contributed by atoms with Gasteiger partial charge in [-0.25, -0.2) is 0 Å². The third-order valence-electron chi connectivity index (χ3n) is 2.98. The van der Waals surface area contributed by atoms with Gasteiger partial charge in [0.05, 0.1) is 11.3 Å². The minimum Gasteiger partial charge on any atom is -0.368 e. The monoisotopic (exact) mass is 228 g/mol. The van der Waals surface area contributed by atoms with Crippen LogP contribution >= 0.6 is 0 Å². The van der Waals surface area contributed by atoms with Crippen molar-refractivity contribution in [3.63, 3.8) is 0 Å². The normalized spacial score (nSPS) is 18.0. The van der Waals surface area contributed by atoms with Gasteiger partial charge in [0.25, 0.3) is 5.91 Å². The quantitative estimate of drug-likeness (QED) is 0.724. The van der Waals surface area contributed by atoms with E-state index in [-0.39, 0.29) is 5.91 Å². The Morgan fingerprint density at radius 2 is 2.18 bits per heavy atom. The Labute approximate surface area is 98.5 Å². The molecule has 0 spiro atoms. The van der Waals surface area contributed by atoms with Gasteiger partial charge in [0.15, 0.2) is 6.23 Å². The SMILES string of the molecule is Cc1ccc2c(c1)C(=O)n1cccc1C(O)N2. The summed E-state index contributed by atoms with van der Waals surface area (Å²) in [6, 6.07) is 9.03. The highest BCUT2D eigenvalue weighted by Crippen LogP contribution is 2.27. The summed E-state index contributed by atoms with van der Waals surface area (Å²) in [6.45, 7) is 1.94. The third kappa shape index (κ3) is 1.45. The first-order chi connectivity index (χ1) is 8.16. The number of rotatable bonds is 0. The minimum absolute atomic E-state index is 0.118. The molecule has 86 valence electrons. The number of benzene rings is 1. The Morgan fingerprint density at radius 3 is 3.00 bits per heavy atom. The molecular formula is C13H12N2O2. The number of nitrogens with one attached hydrogen (secondary N) is 1. The molecule has 0 aliphatic carbocycles. The highest BCUT2D eigenvalue weighted by atomic mass is 16.3. The summed E-state index contributed by atoms with van der Waals surface area (Å²) in [5.41, 5.74) is 2.82. The number of aliphatic hydroxyl groups excluding tert-OH is 1. The van der Waals surface area contributed by atoms with E-state index in [9.17, 15) is 9.90 Å². The molecule has 4 nitrogen and oxygen atoms in total. The van der Waals surface area contributed by atoms with E-state index in [4.69, 9.17) is 0 Å². The van der Waals surface area contributed by atoms with Gasteiger partial charge in [0, 0.05) is 11.9 Å². The number of carbonyl (C=O) groups excluding carboxylic acids is 1. The van der Waals surface area contributed by atoms with E-state index in [1.165, 1.54) is 4.57 Å². The maximum Gasteiger partial charge on any atom is 0.264 e. The Morgan fingerprint density at radius 1 is 1.35 bits per heavy atom. The van der Waals surface area contributed by atoms with Crippen LogP contribution in [0.15, 0.2) is 36.5 Å². The summed E-state index contributed by atoms with van der Waals surface area (Å²) in [6.07, 6.45) is 0.804. The lowest BCUT2D eigenvalue weighted by atomic mass is 10.1. The van der Waals surface area contributed by atoms with Gasteiger partial charge >= 0.3 is 0 Å². The fourth-order valence-electron chi connectivity index (χ4n) is 2.11. The van der Waals surface area contributed by atoms with Crippen LogP contribution < -0.4 is 5.32 Å². The lowest BCUT2D eigenvalue weighted by Crippen LogP contribution is -2.14. The van der Waals surface area contributed by atoms with Crippen LogP contribution in [-0.2, 0) is 0 Å². The lowest BCUT2D eigenvalue weighted by molar-refractivity contribution is 0.0950. The van der Waals surface area contributed by atoms with Crippen LogP contribution in [0.4, 0.5) is 5.69 Å². The van der Waals surface area contributed by atoms with Gasteiger partial charge in [-0.15, -0.1) is 0 Å². The van der Waals surface area contributed by atoms with Crippen LogP contribution in [0.3, 0.4) is 0 Å². The number of anilines is 1. The Balaban J connectivity index is 2.25. The van der Waals surface area contributed by atoms with Gasteiger partial charge < -0.3 is 10.4 Å². The number of aliphatic hydroxyl groups is 1. The van der Waals surface area contributed by atoms with Crippen molar-refractivity contribution in [2.45, 2.75) is 13.2 Å². The van der Waals surface area contributed by atoms with Crippen LogP contribution in [0.1, 0.15) is 27.8 Å². The summed E-state index contributed by atoms with van der Waals surface area (Å²) in [5, 5.41) is 12.9. The number of hydrogen-bond acceptors (Lipinski definition) is 3. The molecule has 0 fully saturated rings. The largest absolute Gasteiger partial charge is 0.368 e. The average molecular weight is 228 g/mol. The molecule has 1 aliphatic heterocycles. The number of fused-ring (bicyclic) bond motifs is 2. The minimum atomic E-state index is -0.863. The molecular weight excluding hydrogens is 216 g/mol. The molecule has 0 saturated carbocycles. The zero-order chi connectivity index (χ0) is 12.0. The molecule has 1 aromatic heterocycles. The number of hydrogen-bond donors (Lipinski definition) is 2. The standard InChI is InChI=1S/C13H12N2O2/c1-8-4-5-10-9(7-8)13(17)15-6-2-3-11(15)12(16)14-10/h2-7,12,14,16H,1H3. The number of nitrogens with zero attached hydrogens (tertiary/aromatic N) is 1. The Hall–Kier alpha value is -2.07. The second-order valence-corrected chi connectivity index (χ2v) is 4.20. The highest BCUT2D eigenvalue weighted by molar-refractivity contribution is 6.02. The van der Waals surface area contributed by atoms with Gasteiger partial charge in [-0.2, -0.15) is 0 Å². The molecule has 17 heavy (non-hydrogen) atoms. The molecule has 0 bridgehead atoms. The molecule has 2 N–H and O–H groups in total. The second kappa shape index (κ2) is 3.46. The first-order valence-electron chi connectivity index (χ1n) is 5.44. The predicted molar refractivity (Wildman–Crippen MR) is 63.9 cm³/mol. The van der Waals surface area contributed by atoms with Crippen molar-refractivity contribution in [3.8, 4) is 0 Å². The highest BCUT2D eigenvalue weighted by Gasteiger charge is 2.24. The molecule has 3 rings (SSSR count). The van der Waals surface area contributed by atoms with Crippen LogP contribution in [0.5, 0.6) is 0 Å². The molecule has 2 aromatic rings. The molecule has 2 heterocycles. The first-order valence-corrected chi connectivity index (χ1v) is 5.44. The number of aromatic nitrogens is 1. The van der Waals surface area contributed by atoms with Crippen molar-refractivity contribution in [1.82, 2.24) is 4.57 Å². The van der Waals surface area contributed by atoms with Crippen molar-refractivity contribution in [2.75, 3.05) is 5.32 Å². The summed E-state index contributed by atoms with van der Waals surface area (Å²) >= 11 is 0. The summed E-state index contributed by atoms with van der Waals surface area (Å²) in [7, 11) is 0. The van der Waals surface area contributed by atoms with Crippen molar-refractivity contribution in [3.05, 3.63) is 53.3 Å². The van der Waals surface area contributed by atoms with Crippen LogP contribution in [0.25, 0.3) is 0 Å². The Kier molecular flexibility index (Phi) is 2.06. The van der Waals surface area contributed by atoms with Crippen molar-refractivity contribution in [1.29, 1.82) is 0 Å². The Bertz CT molecular complexity index is 601. The van der Waals surface area contributed by atoms with Gasteiger partial charge in [0.1, 0.15) is 0 Å². The molecule has 1 atom stereocenters. The summed E-state index contributed by atoms with van der Waals surface area (Å²) in [4.78, 5) is 12.3. The van der Waals surface area contributed by atoms with E-state index < -0.39 is 6.23 Å². The fraction of sp³-hybridized carbons (Fsp3) is 0.154. The van der Waals surface area contributed by atoms with Gasteiger partial charge in [-0.05, 0) is 31.2 Å². The lowest BCUT2D eigenvalue weighted by Gasteiger charge is -2.11. The van der Waals surface area contributed by atoms with Gasteiger partial charge in [0.2, 0.25) is 0 Å². The van der Waals surface area contributed by atoms with E-state index in [0.29, 0.717) is 16.9 Å². The first kappa shape index (κ1) is 10.1. The molecule has 4 heteroatoms. The average Bonchev–Trinajstić information content (AvgIpc) is 2.76. The zero-order valence-corrected chi connectivity index (χ0v) is 9.34. The van der Waals surface area contributed by atoms with E-state index in [1.807, 2.05) is 25.1 Å². The second-order valence-electron chi connectivity index (χ2n) is 4.20. The molecule has 0 amide bonds. The van der Waals surface area contributed by atoms with Crippen LogP contribution in [0, 0.1) is 6.92 Å². The molecule has 1 unspecified atom stereocenters. The van der Waals surface area contributed by atoms with Crippen LogP contribution in [-0.4, -0.2) is 15.6 Å². The number of carbonyl (C=O) groups is 1. The smallest absolute Gasteiger partial charge is 0.264 e. The zero-order valence-electron chi connectivity index (χ0n) is 9.34. The molecule has 1 aromatic carbocycles. The third-order valence-corrected chi connectivity index (χ3v) is 2.98. The summed E-state index contributed by atoms with van der Waals surface area (Å²) < 4.78 is 1.48. The van der Waals surface area contributed by atoms with Gasteiger partial charge in [-0.3, -0.25) is 9.36 Å². The number of aryl methyl sites for hydroxylation is 1. The molecule has 0 saturated heterocycles. The van der Waals surface area contributed by atoms with E-state index in [1.54, 1.807) is 18.3 Å². The maximum atomic E-state index is 12.3. The maximum absolute atomic E-state index is 12.3. The summed E-state index contributed by atoms with van der Waals surface area (Å²) in [5.74, 6) is -0.118. The molecule has 0 radical (unpaired) electrons. The van der Waals surface area contributed by atoms with Crippen molar-refractivity contribution in [2.24, 2.45) is 0 Å².